The van der Waals surface area contributed by atoms with E-state index in [2.05, 4.69) is 5.32 Å². The van der Waals surface area contributed by atoms with E-state index < -0.39 is 23.6 Å². The summed E-state index contributed by atoms with van der Waals surface area (Å²) in [6.45, 7) is 11.3. The number of carbonyl (C=O) groups is 2. The number of urea groups is 1. The van der Waals surface area contributed by atoms with E-state index in [0.717, 1.165) is 24.0 Å². The lowest BCUT2D eigenvalue weighted by atomic mass is 9.74. The summed E-state index contributed by atoms with van der Waals surface area (Å²) in [7, 11) is 0. The molecule has 0 bridgehead atoms. The van der Waals surface area contributed by atoms with Crippen LogP contribution in [0.25, 0.3) is 0 Å². The first-order chi connectivity index (χ1) is 20.7. The number of amides is 2. The number of rotatable bonds is 16. The third kappa shape index (κ3) is 7.56. The van der Waals surface area contributed by atoms with Crippen LogP contribution in [0.5, 0.6) is 11.5 Å². The molecule has 236 valence electrons. The number of hydrogen-bond donors (Lipinski definition) is 2. The van der Waals surface area contributed by atoms with Crippen molar-refractivity contribution < 1.29 is 33.6 Å². The molecule has 2 fully saturated rings. The maximum Gasteiger partial charge on any atom is 0.329 e. The fourth-order valence-electron chi connectivity index (χ4n) is 5.73. The van der Waals surface area contributed by atoms with E-state index in [4.69, 9.17) is 30.5 Å². The second-order valence-corrected chi connectivity index (χ2v) is 11.6. The Morgan fingerprint density at radius 2 is 1.74 bits per heavy atom. The van der Waals surface area contributed by atoms with Crippen LogP contribution in [0.3, 0.4) is 0 Å². The molecule has 2 saturated carbocycles. The van der Waals surface area contributed by atoms with Crippen molar-refractivity contribution >= 4 is 23.6 Å². The summed E-state index contributed by atoms with van der Waals surface area (Å²) in [5.41, 5.74) is 1.25. The lowest BCUT2D eigenvalue weighted by molar-refractivity contribution is -0.156. The second-order valence-electron chi connectivity index (χ2n) is 11.3. The molecule has 0 aliphatic heterocycles. The summed E-state index contributed by atoms with van der Waals surface area (Å²) in [5, 5.41) is 13.3. The SMILES string of the molecule is CCOc1cc(C(C)N(CCO[C@@H](C)c2ccccc2)C(=O)NC2(C(=O)O)CC(OCC)C2)c(Cl)c(OCC)c1C1CC1. The van der Waals surface area contributed by atoms with Crippen molar-refractivity contribution in [3.8, 4) is 11.5 Å². The molecule has 1 unspecified atom stereocenters. The van der Waals surface area contributed by atoms with E-state index in [0.29, 0.717) is 47.8 Å². The van der Waals surface area contributed by atoms with E-state index in [1.165, 1.54) is 0 Å². The van der Waals surface area contributed by atoms with Crippen molar-refractivity contribution in [1.82, 2.24) is 10.2 Å². The number of ether oxygens (including phenoxy) is 4. The number of nitrogens with one attached hydrogen (secondary N) is 1. The van der Waals surface area contributed by atoms with Crippen molar-refractivity contribution in [2.45, 2.75) is 90.0 Å². The lowest BCUT2D eigenvalue weighted by Gasteiger charge is -2.45. The van der Waals surface area contributed by atoms with Crippen LogP contribution in [0, 0.1) is 0 Å². The number of carboxylic acids is 1. The van der Waals surface area contributed by atoms with Gasteiger partial charge in [-0.05, 0) is 65.0 Å². The molecule has 10 heteroatoms. The van der Waals surface area contributed by atoms with Gasteiger partial charge in [-0.15, -0.1) is 0 Å². The number of hydrogen-bond acceptors (Lipinski definition) is 6. The maximum absolute atomic E-state index is 13.9. The van der Waals surface area contributed by atoms with Crippen molar-refractivity contribution in [3.63, 3.8) is 0 Å². The van der Waals surface area contributed by atoms with Crippen LogP contribution in [-0.2, 0) is 14.3 Å². The molecule has 2 aromatic rings. The van der Waals surface area contributed by atoms with Gasteiger partial charge < -0.3 is 34.3 Å². The summed E-state index contributed by atoms with van der Waals surface area (Å²) in [6.07, 6.45) is 2.07. The number of carboxylic acid groups (broad SMARTS) is 1. The molecule has 2 aliphatic rings. The van der Waals surface area contributed by atoms with Crippen molar-refractivity contribution in [1.29, 1.82) is 0 Å². The van der Waals surface area contributed by atoms with Gasteiger partial charge in [0, 0.05) is 37.1 Å². The van der Waals surface area contributed by atoms with Gasteiger partial charge in [0.1, 0.15) is 17.0 Å². The van der Waals surface area contributed by atoms with Gasteiger partial charge >= 0.3 is 12.0 Å². The molecule has 0 aromatic heterocycles. The van der Waals surface area contributed by atoms with Gasteiger partial charge in [-0.1, -0.05) is 41.9 Å². The van der Waals surface area contributed by atoms with Crippen LogP contribution >= 0.6 is 11.6 Å². The highest BCUT2D eigenvalue weighted by molar-refractivity contribution is 6.33. The first-order valence-electron chi connectivity index (χ1n) is 15.4. The zero-order chi connectivity index (χ0) is 31.1. The van der Waals surface area contributed by atoms with Gasteiger partial charge in [0.05, 0.1) is 43.1 Å². The smallest absolute Gasteiger partial charge is 0.329 e. The molecule has 0 spiro atoms. The Kier molecular flexibility index (Phi) is 11.2. The zero-order valence-corrected chi connectivity index (χ0v) is 26.6. The van der Waals surface area contributed by atoms with Gasteiger partial charge in [0.2, 0.25) is 0 Å². The predicted molar refractivity (Wildman–Crippen MR) is 165 cm³/mol. The predicted octanol–water partition coefficient (Wildman–Crippen LogP) is 6.89. The summed E-state index contributed by atoms with van der Waals surface area (Å²) in [4.78, 5) is 27.9. The summed E-state index contributed by atoms with van der Waals surface area (Å²) >= 11 is 7.04. The average Bonchev–Trinajstić information content (AvgIpc) is 3.81. The Morgan fingerprint density at radius 1 is 1.07 bits per heavy atom. The minimum Gasteiger partial charge on any atom is -0.493 e. The van der Waals surface area contributed by atoms with Crippen molar-refractivity contribution in [3.05, 3.63) is 58.1 Å². The minimum atomic E-state index is -1.40. The van der Waals surface area contributed by atoms with Crippen LogP contribution < -0.4 is 14.8 Å². The number of benzene rings is 2. The highest BCUT2D eigenvalue weighted by Gasteiger charge is 2.53. The number of halogens is 1. The number of aliphatic carboxylic acids is 1. The van der Waals surface area contributed by atoms with E-state index in [9.17, 15) is 14.7 Å². The molecule has 2 aliphatic carbocycles. The molecule has 0 radical (unpaired) electrons. The number of carbonyl (C=O) groups excluding carboxylic acids is 1. The third-order valence-electron chi connectivity index (χ3n) is 8.28. The second kappa shape index (κ2) is 14.6. The summed E-state index contributed by atoms with van der Waals surface area (Å²) < 4.78 is 23.9. The van der Waals surface area contributed by atoms with Crippen molar-refractivity contribution in [2.75, 3.05) is 33.0 Å². The van der Waals surface area contributed by atoms with Crippen LogP contribution in [0.15, 0.2) is 36.4 Å². The van der Waals surface area contributed by atoms with E-state index in [1.807, 2.05) is 71.0 Å². The summed E-state index contributed by atoms with van der Waals surface area (Å²) in [6, 6.07) is 10.7. The minimum absolute atomic E-state index is 0.194. The van der Waals surface area contributed by atoms with E-state index in [-0.39, 0.29) is 38.2 Å². The first kappa shape index (κ1) is 32.9. The van der Waals surface area contributed by atoms with Gasteiger partial charge in [-0.2, -0.15) is 0 Å². The molecule has 2 atom stereocenters. The molecule has 9 nitrogen and oxygen atoms in total. The van der Waals surface area contributed by atoms with Crippen LogP contribution in [0.1, 0.15) is 95.1 Å². The van der Waals surface area contributed by atoms with E-state index in [1.54, 1.807) is 4.90 Å². The highest BCUT2D eigenvalue weighted by Crippen LogP contribution is 2.53. The largest absolute Gasteiger partial charge is 0.493 e. The molecule has 4 rings (SSSR count). The quantitative estimate of drug-likeness (QED) is 0.212. The summed E-state index contributed by atoms with van der Waals surface area (Å²) in [5.74, 6) is 0.538. The third-order valence-corrected chi connectivity index (χ3v) is 8.67. The topological polar surface area (TPSA) is 107 Å². The Morgan fingerprint density at radius 3 is 2.33 bits per heavy atom. The molecule has 0 heterocycles. The molecular weight excluding hydrogens is 572 g/mol. The molecule has 2 N–H and O–H groups in total. The lowest BCUT2D eigenvalue weighted by Crippen LogP contribution is -2.66. The Labute approximate surface area is 259 Å². The van der Waals surface area contributed by atoms with Crippen LogP contribution in [0.4, 0.5) is 4.79 Å². The Balaban J connectivity index is 1.64. The first-order valence-corrected chi connectivity index (χ1v) is 15.8. The molecule has 2 aromatic carbocycles. The highest BCUT2D eigenvalue weighted by atomic mass is 35.5. The fraction of sp³-hybridized carbons (Fsp3) is 0.576. The Bertz CT molecular complexity index is 1250. The molecule has 0 saturated heterocycles. The van der Waals surface area contributed by atoms with Gasteiger partial charge in [-0.25, -0.2) is 9.59 Å². The molecule has 43 heavy (non-hydrogen) atoms. The van der Waals surface area contributed by atoms with Crippen LogP contribution in [0.2, 0.25) is 5.02 Å². The van der Waals surface area contributed by atoms with E-state index >= 15 is 0 Å². The van der Waals surface area contributed by atoms with Crippen molar-refractivity contribution in [2.24, 2.45) is 0 Å². The molecule has 2 amide bonds. The van der Waals surface area contributed by atoms with Crippen LogP contribution in [-0.4, -0.2) is 66.6 Å². The Hall–Kier alpha value is -3.01. The maximum atomic E-state index is 13.9. The fourth-order valence-corrected chi connectivity index (χ4v) is 6.10. The molecular formula is C33H45ClN2O7. The van der Waals surface area contributed by atoms with Gasteiger partial charge in [-0.3, -0.25) is 0 Å². The monoisotopic (exact) mass is 616 g/mol. The van der Waals surface area contributed by atoms with Gasteiger partial charge in [0.15, 0.2) is 0 Å². The average molecular weight is 617 g/mol. The standard InChI is InChI=1S/C33H45ClN2O7/c1-6-40-25-19-33(20-25,31(37)38)35-32(39)36(16-17-43-22(5)23-12-10-9-11-13-23)21(4)26-18-27(41-7-2)28(24-14-15-24)30(29(26)34)42-8-3/h9-13,18,21-22,24-25H,6-8,14-17,19-20H2,1-5H3,(H,35,39)(H,37,38)/t21?,22-,25?,33?/m0/s1. The van der Waals surface area contributed by atoms with Gasteiger partial charge in [0.25, 0.3) is 0 Å². The zero-order valence-electron chi connectivity index (χ0n) is 25.9. The number of nitrogens with zero attached hydrogens (tertiary/aromatic N) is 1. The normalized spacial score (nSPS) is 20.9.